The van der Waals surface area contributed by atoms with E-state index in [4.69, 9.17) is 14.5 Å². The topological polar surface area (TPSA) is 75.1 Å². The van der Waals surface area contributed by atoms with Gasteiger partial charge in [-0.2, -0.15) is 0 Å². The van der Waals surface area contributed by atoms with Crippen LogP contribution in [0.4, 0.5) is 0 Å². The maximum atomic E-state index is 9.67. The highest BCUT2D eigenvalue weighted by molar-refractivity contribution is 5.80. The fourth-order valence-corrected chi connectivity index (χ4v) is 3.69. The maximum Gasteiger partial charge on any atom is 0.191 e. The van der Waals surface area contributed by atoms with Gasteiger partial charge in [0.25, 0.3) is 0 Å². The van der Waals surface area contributed by atoms with Gasteiger partial charge in [0.15, 0.2) is 5.96 Å². The van der Waals surface area contributed by atoms with E-state index in [1.165, 1.54) is 5.56 Å². The monoisotopic (exact) mass is 361 g/mol. The first-order valence-electron chi connectivity index (χ1n) is 9.68. The molecule has 144 valence electrons. The second-order valence-electron chi connectivity index (χ2n) is 7.25. The third-order valence-corrected chi connectivity index (χ3v) is 5.09. The van der Waals surface area contributed by atoms with Crippen LogP contribution in [0.1, 0.15) is 50.7 Å². The van der Waals surface area contributed by atoms with Gasteiger partial charge in [-0.25, -0.2) is 4.99 Å². The maximum absolute atomic E-state index is 9.67. The molecular weight excluding hydrogens is 330 g/mol. The number of aliphatic hydroxyl groups is 1. The molecule has 0 amide bonds. The molecule has 1 aliphatic heterocycles. The van der Waals surface area contributed by atoms with Crippen molar-refractivity contribution >= 4 is 5.96 Å². The number of guanidine groups is 1. The fraction of sp³-hybridized carbons (Fsp3) is 0.650. The number of benzene rings is 1. The second-order valence-corrected chi connectivity index (χ2v) is 7.25. The minimum atomic E-state index is -0.148. The minimum absolute atomic E-state index is 0.148. The highest BCUT2D eigenvalue weighted by atomic mass is 16.5. The minimum Gasteiger partial charge on any atom is -0.496 e. The number of nitrogens with one attached hydrogen (secondary N) is 2. The van der Waals surface area contributed by atoms with Crippen molar-refractivity contribution in [3.05, 3.63) is 23.3 Å². The Balaban J connectivity index is 1.70. The second kappa shape index (κ2) is 8.62. The summed E-state index contributed by atoms with van der Waals surface area (Å²) >= 11 is 0. The SMILES string of the molecule is CCNC(=NCc1cc2c(cc1OC)CC(C)O2)NC1CCC(O)CC1. The quantitative estimate of drug-likeness (QED) is 0.555. The van der Waals surface area contributed by atoms with Crippen LogP contribution in [0.2, 0.25) is 0 Å². The number of hydrogen-bond donors (Lipinski definition) is 3. The predicted octanol–water partition coefficient (Wildman–Crippen LogP) is 2.38. The number of nitrogens with zero attached hydrogens (tertiary/aromatic N) is 1. The van der Waals surface area contributed by atoms with Crippen LogP contribution >= 0.6 is 0 Å². The summed E-state index contributed by atoms with van der Waals surface area (Å²) in [6.45, 7) is 5.48. The molecule has 1 heterocycles. The van der Waals surface area contributed by atoms with Gasteiger partial charge in [0.1, 0.15) is 17.6 Å². The Bertz CT molecular complexity index is 639. The van der Waals surface area contributed by atoms with E-state index in [1.54, 1.807) is 7.11 Å². The number of aliphatic hydroxyl groups excluding tert-OH is 1. The summed E-state index contributed by atoms with van der Waals surface area (Å²) in [5, 5.41) is 16.5. The molecule has 1 atom stereocenters. The van der Waals surface area contributed by atoms with Gasteiger partial charge in [0, 0.05) is 30.1 Å². The smallest absolute Gasteiger partial charge is 0.191 e. The van der Waals surface area contributed by atoms with Gasteiger partial charge in [0.05, 0.1) is 19.8 Å². The van der Waals surface area contributed by atoms with Crippen molar-refractivity contribution in [2.75, 3.05) is 13.7 Å². The van der Waals surface area contributed by atoms with E-state index in [0.29, 0.717) is 12.6 Å². The van der Waals surface area contributed by atoms with E-state index < -0.39 is 0 Å². The van der Waals surface area contributed by atoms with Crippen molar-refractivity contribution in [1.29, 1.82) is 0 Å². The van der Waals surface area contributed by atoms with Gasteiger partial charge in [-0.1, -0.05) is 0 Å². The molecule has 1 aromatic carbocycles. The molecule has 6 heteroatoms. The molecule has 2 aliphatic rings. The highest BCUT2D eigenvalue weighted by Gasteiger charge is 2.22. The zero-order valence-corrected chi connectivity index (χ0v) is 16.0. The normalized spacial score (nSPS) is 25.4. The van der Waals surface area contributed by atoms with Crippen molar-refractivity contribution in [3.63, 3.8) is 0 Å². The van der Waals surface area contributed by atoms with Crippen molar-refractivity contribution in [3.8, 4) is 11.5 Å². The first-order chi connectivity index (χ1) is 12.6. The fourth-order valence-electron chi connectivity index (χ4n) is 3.69. The molecule has 3 rings (SSSR count). The van der Waals surface area contributed by atoms with Crippen LogP contribution in [0.15, 0.2) is 17.1 Å². The van der Waals surface area contributed by atoms with Gasteiger partial charge in [-0.15, -0.1) is 0 Å². The average molecular weight is 361 g/mol. The summed E-state index contributed by atoms with van der Waals surface area (Å²) in [5.74, 6) is 2.62. The lowest BCUT2D eigenvalue weighted by Crippen LogP contribution is -2.45. The highest BCUT2D eigenvalue weighted by Crippen LogP contribution is 2.35. The Labute approximate surface area is 156 Å². The Kier molecular flexibility index (Phi) is 6.25. The summed E-state index contributed by atoms with van der Waals surface area (Å²) in [5.41, 5.74) is 2.23. The van der Waals surface area contributed by atoms with E-state index in [0.717, 1.165) is 61.7 Å². The first-order valence-corrected chi connectivity index (χ1v) is 9.68. The zero-order chi connectivity index (χ0) is 18.5. The van der Waals surface area contributed by atoms with Gasteiger partial charge < -0.3 is 25.2 Å². The molecule has 0 bridgehead atoms. The van der Waals surface area contributed by atoms with Crippen molar-refractivity contribution in [1.82, 2.24) is 10.6 Å². The van der Waals surface area contributed by atoms with Crippen LogP contribution < -0.4 is 20.1 Å². The molecule has 0 radical (unpaired) electrons. The lowest BCUT2D eigenvalue weighted by Gasteiger charge is -2.27. The van der Waals surface area contributed by atoms with Crippen LogP contribution in [0.3, 0.4) is 0 Å². The van der Waals surface area contributed by atoms with Crippen molar-refractivity contribution < 1.29 is 14.6 Å². The third-order valence-electron chi connectivity index (χ3n) is 5.09. The van der Waals surface area contributed by atoms with Crippen LogP contribution in [0.5, 0.6) is 11.5 Å². The van der Waals surface area contributed by atoms with Crippen LogP contribution in [0, 0.1) is 0 Å². The van der Waals surface area contributed by atoms with Gasteiger partial charge in [-0.05, 0) is 51.7 Å². The molecule has 26 heavy (non-hydrogen) atoms. The van der Waals surface area contributed by atoms with Crippen LogP contribution in [0.25, 0.3) is 0 Å². The molecule has 1 saturated carbocycles. The van der Waals surface area contributed by atoms with Crippen molar-refractivity contribution in [2.45, 2.75) is 70.7 Å². The van der Waals surface area contributed by atoms with Crippen LogP contribution in [-0.4, -0.2) is 43.0 Å². The molecule has 1 aromatic rings. The number of hydrogen-bond acceptors (Lipinski definition) is 4. The summed E-state index contributed by atoms with van der Waals surface area (Å²) < 4.78 is 11.4. The molecule has 0 saturated heterocycles. The number of aliphatic imine (C=N–C) groups is 1. The molecule has 1 aliphatic carbocycles. The van der Waals surface area contributed by atoms with E-state index in [-0.39, 0.29) is 12.2 Å². The van der Waals surface area contributed by atoms with Gasteiger partial charge >= 0.3 is 0 Å². The zero-order valence-electron chi connectivity index (χ0n) is 16.0. The summed E-state index contributed by atoms with van der Waals surface area (Å²) in [4.78, 5) is 4.75. The first kappa shape index (κ1) is 18.8. The Morgan fingerprint density at radius 1 is 1.31 bits per heavy atom. The number of methoxy groups -OCH3 is 1. The number of fused-ring (bicyclic) bond motifs is 1. The van der Waals surface area contributed by atoms with E-state index in [1.807, 2.05) is 0 Å². The van der Waals surface area contributed by atoms with E-state index in [2.05, 4.69) is 36.6 Å². The summed E-state index contributed by atoms with van der Waals surface area (Å²) in [6.07, 6.45) is 4.64. The van der Waals surface area contributed by atoms with Gasteiger partial charge in [-0.3, -0.25) is 0 Å². The molecule has 0 aromatic heterocycles. The summed E-state index contributed by atoms with van der Waals surface area (Å²) in [6, 6.07) is 4.50. The molecule has 1 fully saturated rings. The lowest BCUT2D eigenvalue weighted by atomic mass is 9.93. The summed E-state index contributed by atoms with van der Waals surface area (Å²) in [7, 11) is 1.70. The standard InChI is InChI=1S/C20H31N3O3/c1-4-21-20(23-16-5-7-17(24)8-6-16)22-12-15-11-19-14(9-13(2)26-19)10-18(15)25-3/h10-11,13,16-17,24H,4-9,12H2,1-3H3,(H2,21,22,23). The number of ether oxygens (including phenoxy) is 2. The predicted molar refractivity (Wildman–Crippen MR) is 103 cm³/mol. The van der Waals surface area contributed by atoms with E-state index >= 15 is 0 Å². The Hall–Kier alpha value is -1.95. The molecular formula is C20H31N3O3. The van der Waals surface area contributed by atoms with Crippen LogP contribution in [-0.2, 0) is 13.0 Å². The Morgan fingerprint density at radius 3 is 2.77 bits per heavy atom. The molecule has 6 nitrogen and oxygen atoms in total. The molecule has 1 unspecified atom stereocenters. The van der Waals surface area contributed by atoms with Crippen molar-refractivity contribution in [2.24, 2.45) is 4.99 Å². The lowest BCUT2D eigenvalue weighted by molar-refractivity contribution is 0.120. The third kappa shape index (κ3) is 4.61. The molecule has 0 spiro atoms. The number of rotatable bonds is 5. The van der Waals surface area contributed by atoms with E-state index in [9.17, 15) is 5.11 Å². The Morgan fingerprint density at radius 2 is 2.08 bits per heavy atom. The largest absolute Gasteiger partial charge is 0.496 e. The van der Waals surface area contributed by atoms with Gasteiger partial charge in [0.2, 0.25) is 0 Å². The average Bonchev–Trinajstić information content (AvgIpc) is 2.99. The molecule has 3 N–H and O–H groups in total.